The first kappa shape index (κ1) is 62.6. The van der Waals surface area contributed by atoms with Gasteiger partial charge in [0.1, 0.15) is 73.2 Å². The van der Waals surface area contributed by atoms with Crippen molar-refractivity contribution in [1.29, 1.82) is 0 Å². The first-order valence-electron chi connectivity index (χ1n) is 26.6. The minimum atomic E-state index is -1.98. The number of aliphatic hydroxyl groups is 11. The lowest BCUT2D eigenvalue weighted by Crippen LogP contribution is -2.66. The normalized spacial score (nSPS) is 32.7. The van der Waals surface area contributed by atoms with Crippen LogP contribution in [0.25, 0.3) is 0 Å². The molecule has 3 aliphatic heterocycles. The number of aliphatic hydroxyl groups excluding tert-OH is 11. The average molecular weight is 1010 g/mol. The van der Waals surface area contributed by atoms with E-state index in [1.54, 1.807) is 6.08 Å². The van der Waals surface area contributed by atoms with Gasteiger partial charge in [-0.2, -0.15) is 0 Å². The van der Waals surface area contributed by atoms with Crippen LogP contribution in [0.4, 0.5) is 0 Å². The van der Waals surface area contributed by atoms with Gasteiger partial charge in [-0.15, -0.1) is 0 Å². The molecule has 19 nitrogen and oxygen atoms in total. The molecule has 1 amide bonds. The van der Waals surface area contributed by atoms with Crippen molar-refractivity contribution in [3.63, 3.8) is 0 Å². The third kappa shape index (κ3) is 21.6. The van der Waals surface area contributed by atoms with Crippen LogP contribution in [0.5, 0.6) is 0 Å². The molecule has 3 heterocycles. The van der Waals surface area contributed by atoms with Crippen molar-refractivity contribution in [3.8, 4) is 0 Å². The number of hydrogen-bond donors (Lipinski definition) is 12. The van der Waals surface area contributed by atoms with E-state index < -0.39 is 124 Å². The van der Waals surface area contributed by atoms with Crippen LogP contribution >= 0.6 is 0 Å². The monoisotopic (exact) mass is 1010 g/mol. The molecule has 0 radical (unpaired) electrons. The topological polar surface area (TPSA) is 307 Å². The second kappa shape index (κ2) is 36.3. The van der Waals surface area contributed by atoms with Gasteiger partial charge in [0.05, 0.1) is 38.6 Å². The van der Waals surface area contributed by atoms with Crippen LogP contribution < -0.4 is 5.32 Å². The fraction of sp³-hybridized carbons (Fsp3) is 0.902. The predicted octanol–water partition coefficient (Wildman–Crippen LogP) is 2.42. The highest BCUT2D eigenvalue weighted by atomic mass is 16.8. The summed E-state index contributed by atoms with van der Waals surface area (Å²) in [7, 11) is 0. The van der Waals surface area contributed by atoms with Crippen molar-refractivity contribution >= 4 is 5.91 Å². The number of ether oxygens (including phenoxy) is 6. The maximum atomic E-state index is 13.2. The third-order valence-electron chi connectivity index (χ3n) is 13.5. The molecule has 17 unspecified atom stereocenters. The Morgan fingerprint density at radius 2 is 0.914 bits per heavy atom. The van der Waals surface area contributed by atoms with Crippen molar-refractivity contribution in [2.45, 2.75) is 266 Å². The van der Waals surface area contributed by atoms with Gasteiger partial charge in [0.15, 0.2) is 18.9 Å². The van der Waals surface area contributed by atoms with E-state index in [9.17, 15) is 61.0 Å². The van der Waals surface area contributed by atoms with Gasteiger partial charge in [-0.3, -0.25) is 4.79 Å². The smallest absolute Gasteiger partial charge is 0.220 e. The molecule has 0 aromatic carbocycles. The minimum absolute atomic E-state index is 0.237. The Kier molecular flexibility index (Phi) is 32.4. The van der Waals surface area contributed by atoms with Crippen LogP contribution in [0.2, 0.25) is 0 Å². The largest absolute Gasteiger partial charge is 0.394 e. The minimum Gasteiger partial charge on any atom is -0.394 e. The molecule has 3 saturated heterocycles. The number of carbonyl (C=O) groups is 1. The quantitative estimate of drug-likeness (QED) is 0.0314. The van der Waals surface area contributed by atoms with E-state index in [0.29, 0.717) is 12.8 Å². The van der Waals surface area contributed by atoms with E-state index in [1.165, 1.54) is 89.9 Å². The number of unbranched alkanes of at least 4 members (excludes halogenated alkanes) is 19. The molecule has 0 aromatic heterocycles. The van der Waals surface area contributed by atoms with E-state index in [0.717, 1.165) is 38.5 Å². The number of allylic oxidation sites excluding steroid dienone is 3. The summed E-state index contributed by atoms with van der Waals surface area (Å²) in [4.78, 5) is 13.2. The van der Waals surface area contributed by atoms with Gasteiger partial charge >= 0.3 is 0 Å². The average Bonchev–Trinajstić information content (AvgIpc) is 3.35. The van der Waals surface area contributed by atoms with Gasteiger partial charge in [-0.25, -0.2) is 0 Å². The van der Waals surface area contributed by atoms with Gasteiger partial charge < -0.3 is 89.9 Å². The van der Waals surface area contributed by atoms with E-state index in [2.05, 4.69) is 31.3 Å². The van der Waals surface area contributed by atoms with Crippen LogP contribution in [-0.2, 0) is 33.2 Å². The molecule has 3 rings (SSSR count). The fourth-order valence-corrected chi connectivity index (χ4v) is 9.03. The molecule has 0 bridgehead atoms. The Hall–Kier alpha value is -1.73. The number of carbonyl (C=O) groups excluding carboxylic acids is 1. The summed E-state index contributed by atoms with van der Waals surface area (Å²) < 4.78 is 34.1. The van der Waals surface area contributed by atoms with Crippen molar-refractivity contribution in [1.82, 2.24) is 5.32 Å². The highest BCUT2D eigenvalue weighted by Gasteiger charge is 2.53. The highest BCUT2D eigenvalue weighted by Crippen LogP contribution is 2.33. The van der Waals surface area contributed by atoms with Crippen LogP contribution in [0.3, 0.4) is 0 Å². The molecule has 70 heavy (non-hydrogen) atoms. The Balaban J connectivity index is 1.56. The van der Waals surface area contributed by atoms with Crippen LogP contribution in [-0.4, -0.2) is 193 Å². The van der Waals surface area contributed by atoms with Crippen molar-refractivity contribution in [2.75, 3.05) is 26.4 Å². The van der Waals surface area contributed by atoms with Gasteiger partial charge in [0.25, 0.3) is 0 Å². The molecule has 19 heteroatoms. The van der Waals surface area contributed by atoms with Gasteiger partial charge in [0.2, 0.25) is 5.91 Å². The zero-order valence-electron chi connectivity index (χ0n) is 42.0. The van der Waals surface area contributed by atoms with E-state index in [1.807, 2.05) is 6.08 Å². The lowest BCUT2D eigenvalue weighted by atomic mass is 9.96. The molecule has 3 aliphatic rings. The molecular weight excluding hydrogens is 915 g/mol. The summed E-state index contributed by atoms with van der Waals surface area (Å²) in [6, 6.07) is -0.982. The van der Waals surface area contributed by atoms with Crippen LogP contribution in [0, 0.1) is 0 Å². The molecule has 0 saturated carbocycles. The number of amides is 1. The molecular formula is C51H93NO18. The number of hydrogen-bond acceptors (Lipinski definition) is 18. The Labute approximate surface area is 416 Å². The van der Waals surface area contributed by atoms with Crippen molar-refractivity contribution < 1.29 is 89.4 Å². The van der Waals surface area contributed by atoms with Crippen molar-refractivity contribution in [3.05, 3.63) is 24.3 Å². The zero-order chi connectivity index (χ0) is 51.3. The summed E-state index contributed by atoms with van der Waals surface area (Å²) in [6.07, 6.45) is 6.23. The molecule has 410 valence electrons. The zero-order valence-corrected chi connectivity index (χ0v) is 42.0. The molecule has 3 fully saturated rings. The first-order valence-corrected chi connectivity index (χ1v) is 26.6. The number of rotatable bonds is 37. The van der Waals surface area contributed by atoms with Crippen LogP contribution in [0.15, 0.2) is 24.3 Å². The molecule has 0 aromatic rings. The summed E-state index contributed by atoms with van der Waals surface area (Å²) >= 11 is 0. The van der Waals surface area contributed by atoms with Crippen molar-refractivity contribution in [2.24, 2.45) is 0 Å². The summed E-state index contributed by atoms with van der Waals surface area (Å²) in [5.41, 5.74) is 0. The lowest BCUT2D eigenvalue weighted by molar-refractivity contribution is -0.379. The maximum Gasteiger partial charge on any atom is 0.220 e. The second-order valence-electron chi connectivity index (χ2n) is 19.3. The predicted molar refractivity (Wildman–Crippen MR) is 259 cm³/mol. The third-order valence-corrected chi connectivity index (χ3v) is 13.5. The Morgan fingerprint density at radius 3 is 1.43 bits per heavy atom. The molecule has 0 aliphatic carbocycles. The van der Waals surface area contributed by atoms with Crippen LogP contribution in [0.1, 0.15) is 162 Å². The SMILES string of the molecule is CCCCCCCCCCCC/C=C/CC/C=C/C(O)C(COC1OC(CO)C(OC2OC(CO)C(OC3OC(CO)C(O)C(O)C3O)C(O)C2O)C(O)C1O)NC(=O)CCCCCCCCCCC. The summed E-state index contributed by atoms with van der Waals surface area (Å²) in [6.45, 7) is 1.64. The van der Waals surface area contributed by atoms with Gasteiger partial charge in [-0.1, -0.05) is 147 Å². The Morgan fingerprint density at radius 1 is 0.500 bits per heavy atom. The van der Waals surface area contributed by atoms with Gasteiger partial charge in [0, 0.05) is 6.42 Å². The fourth-order valence-electron chi connectivity index (χ4n) is 9.03. The second-order valence-corrected chi connectivity index (χ2v) is 19.3. The Bertz CT molecular complexity index is 1390. The van der Waals surface area contributed by atoms with E-state index in [4.69, 9.17) is 28.4 Å². The first-order chi connectivity index (χ1) is 33.8. The molecule has 12 N–H and O–H groups in total. The summed E-state index contributed by atoms with van der Waals surface area (Å²) in [5.74, 6) is -0.291. The lowest BCUT2D eigenvalue weighted by Gasteiger charge is -2.48. The highest BCUT2D eigenvalue weighted by molar-refractivity contribution is 5.76. The van der Waals surface area contributed by atoms with Gasteiger partial charge in [-0.05, 0) is 32.1 Å². The molecule has 0 spiro atoms. The maximum absolute atomic E-state index is 13.2. The van der Waals surface area contributed by atoms with E-state index >= 15 is 0 Å². The summed E-state index contributed by atoms with van der Waals surface area (Å²) in [5, 5.41) is 120. The molecule has 17 atom stereocenters. The van der Waals surface area contributed by atoms with E-state index in [-0.39, 0.29) is 18.9 Å². The standard InChI is InChI=1S/C51H93NO18/c1-3-5-7-9-11-13-14-15-16-17-18-19-21-22-24-26-28-35(56)34(52-39(57)29-27-25-23-20-12-10-8-6-4-2)33-65-49-45(63)42(60)47(37(31-54)67-49)70-51-46(64)43(61)48(38(32-55)68-51)69-50-44(62)41(59)40(58)36(30-53)66-50/h19,21,26,28,34-38,40-51,53-56,58-64H,3-18,20,22-25,27,29-33H2,1-2H3,(H,52,57)/b21-19+,28-26+. The number of nitrogens with one attached hydrogen (secondary N) is 1.